The zero-order valence-electron chi connectivity index (χ0n) is 14.8. The molecule has 3 nitrogen and oxygen atoms in total. The summed E-state index contributed by atoms with van der Waals surface area (Å²) in [6.07, 6.45) is 2.03. The minimum Gasteiger partial charge on any atom is -0.454 e. The van der Waals surface area contributed by atoms with Crippen LogP contribution in [0.4, 0.5) is 0 Å². The smallest absolute Gasteiger partial charge is 0.216 e. The van der Waals surface area contributed by atoms with Gasteiger partial charge in [0.2, 0.25) is 5.69 Å². The van der Waals surface area contributed by atoms with Crippen molar-refractivity contribution in [2.24, 2.45) is 7.05 Å². The van der Waals surface area contributed by atoms with Crippen molar-refractivity contribution in [1.82, 2.24) is 0 Å². The third-order valence-corrected chi connectivity index (χ3v) is 4.94. The van der Waals surface area contributed by atoms with E-state index in [9.17, 15) is 5.26 Å². The van der Waals surface area contributed by atoms with Crippen molar-refractivity contribution in [1.29, 1.82) is 5.26 Å². The van der Waals surface area contributed by atoms with E-state index in [4.69, 9.17) is 4.42 Å². The second-order valence-electron chi connectivity index (χ2n) is 6.63. The van der Waals surface area contributed by atoms with Crippen molar-refractivity contribution in [3.8, 4) is 17.3 Å². The fourth-order valence-corrected chi connectivity index (χ4v) is 3.72. The van der Waals surface area contributed by atoms with Gasteiger partial charge in [0, 0.05) is 22.9 Å². The number of pyridine rings is 1. The van der Waals surface area contributed by atoms with Crippen molar-refractivity contribution in [2.75, 3.05) is 0 Å². The van der Waals surface area contributed by atoms with Crippen LogP contribution in [-0.2, 0) is 7.05 Å². The first kappa shape index (κ1) is 15.4. The summed E-state index contributed by atoms with van der Waals surface area (Å²) in [6, 6.07) is 14.8. The summed E-state index contributed by atoms with van der Waals surface area (Å²) in [5.74, 6) is 0. The van der Waals surface area contributed by atoms with E-state index in [2.05, 4.69) is 48.7 Å². The molecule has 0 radical (unpaired) electrons. The molecule has 2 aromatic carbocycles. The van der Waals surface area contributed by atoms with Gasteiger partial charge in [0.25, 0.3) is 0 Å². The Kier molecular flexibility index (Phi) is 3.36. The number of benzene rings is 2. The van der Waals surface area contributed by atoms with Crippen molar-refractivity contribution in [2.45, 2.75) is 20.8 Å². The van der Waals surface area contributed by atoms with E-state index >= 15 is 0 Å². The Balaban J connectivity index is 2.24. The highest BCUT2D eigenvalue weighted by atomic mass is 16.3. The summed E-state index contributed by atoms with van der Waals surface area (Å²) < 4.78 is 8.42. The molecule has 0 atom stereocenters. The predicted octanol–water partition coefficient (Wildman–Crippen LogP) is 4.87. The molecule has 0 amide bonds. The van der Waals surface area contributed by atoms with E-state index in [0.29, 0.717) is 11.1 Å². The molecule has 0 spiro atoms. The van der Waals surface area contributed by atoms with E-state index < -0.39 is 0 Å². The lowest BCUT2D eigenvalue weighted by atomic mass is 9.97. The number of rotatable bonds is 1. The number of nitrogens with zero attached hydrogens (tertiary/aromatic N) is 2. The Morgan fingerprint density at radius 2 is 1.76 bits per heavy atom. The van der Waals surface area contributed by atoms with Gasteiger partial charge in [-0.25, -0.2) is 4.57 Å². The van der Waals surface area contributed by atoms with Gasteiger partial charge in [-0.1, -0.05) is 18.2 Å². The van der Waals surface area contributed by atoms with Gasteiger partial charge in [0.15, 0.2) is 11.8 Å². The zero-order valence-corrected chi connectivity index (χ0v) is 14.8. The summed E-state index contributed by atoms with van der Waals surface area (Å²) in [7, 11) is 2.03. The van der Waals surface area contributed by atoms with Gasteiger partial charge in [-0.15, -0.1) is 0 Å². The van der Waals surface area contributed by atoms with Gasteiger partial charge in [-0.05, 0) is 43.5 Å². The Labute approximate surface area is 146 Å². The molecule has 2 aromatic heterocycles. The number of nitriles is 1. The van der Waals surface area contributed by atoms with Crippen LogP contribution < -0.4 is 4.57 Å². The number of hydrogen-bond donors (Lipinski definition) is 0. The second-order valence-corrected chi connectivity index (χ2v) is 6.63. The fraction of sp³-hybridized carbons (Fsp3) is 0.182. The zero-order chi connectivity index (χ0) is 17.7. The summed E-state index contributed by atoms with van der Waals surface area (Å²) in [4.78, 5) is 0. The van der Waals surface area contributed by atoms with Gasteiger partial charge in [-0.2, -0.15) is 5.26 Å². The van der Waals surface area contributed by atoms with Crippen molar-refractivity contribution in [3.63, 3.8) is 0 Å². The van der Waals surface area contributed by atoms with Crippen LogP contribution in [-0.4, -0.2) is 0 Å². The highest BCUT2D eigenvalue weighted by Crippen LogP contribution is 2.39. The summed E-state index contributed by atoms with van der Waals surface area (Å²) >= 11 is 0. The lowest BCUT2D eigenvalue weighted by Gasteiger charge is -2.05. The first-order chi connectivity index (χ1) is 12.0. The lowest BCUT2D eigenvalue weighted by Crippen LogP contribution is -2.30. The number of fused-ring (bicyclic) bond motifs is 3. The summed E-state index contributed by atoms with van der Waals surface area (Å²) in [5.41, 5.74) is 7.59. The van der Waals surface area contributed by atoms with E-state index in [1.54, 1.807) is 0 Å². The molecule has 4 rings (SSSR count). The Bertz CT molecular complexity index is 1190. The normalized spacial score (nSPS) is 11.2. The third-order valence-electron chi connectivity index (χ3n) is 4.94. The van der Waals surface area contributed by atoms with Crippen LogP contribution in [0.1, 0.15) is 22.3 Å². The summed E-state index contributed by atoms with van der Waals surface area (Å²) in [6.45, 7) is 6.13. The minimum absolute atomic E-state index is 0.623. The van der Waals surface area contributed by atoms with Crippen LogP contribution in [0.25, 0.3) is 33.2 Å². The third kappa shape index (κ3) is 2.15. The molecule has 0 fully saturated rings. The molecular weight excluding hydrogens is 308 g/mol. The van der Waals surface area contributed by atoms with Crippen LogP contribution in [0.2, 0.25) is 0 Å². The highest BCUT2D eigenvalue weighted by Gasteiger charge is 2.22. The molecule has 4 aromatic rings. The Morgan fingerprint density at radius 3 is 2.48 bits per heavy atom. The first-order valence-corrected chi connectivity index (χ1v) is 8.34. The maximum Gasteiger partial charge on any atom is 0.216 e. The number of aryl methyl sites for hydroxylation is 4. The molecule has 0 saturated heterocycles. The molecule has 0 saturated carbocycles. The Hall–Kier alpha value is -3.12. The molecule has 0 aliphatic carbocycles. The Morgan fingerprint density at radius 1 is 0.960 bits per heavy atom. The van der Waals surface area contributed by atoms with Crippen LogP contribution >= 0.6 is 0 Å². The van der Waals surface area contributed by atoms with E-state index in [1.807, 2.05) is 32.3 Å². The molecule has 0 aliphatic rings. The van der Waals surface area contributed by atoms with Gasteiger partial charge in [0.1, 0.15) is 18.7 Å². The molecule has 3 heteroatoms. The predicted molar refractivity (Wildman–Crippen MR) is 99.3 cm³/mol. The fourth-order valence-electron chi connectivity index (χ4n) is 3.72. The van der Waals surface area contributed by atoms with Crippen LogP contribution in [0.15, 0.2) is 47.0 Å². The lowest BCUT2D eigenvalue weighted by molar-refractivity contribution is -0.660. The molecule has 0 aliphatic heterocycles. The maximum atomic E-state index is 9.60. The van der Waals surface area contributed by atoms with Crippen LogP contribution in [0.5, 0.6) is 0 Å². The number of aromatic nitrogens is 1. The van der Waals surface area contributed by atoms with Crippen molar-refractivity contribution in [3.05, 3.63) is 64.8 Å². The molecule has 2 heterocycles. The SMILES string of the molecule is Cc1ccc2c(oc3c(C#N)c(C)cc(C)c32)c1-c1cccc[n+]1C. The molecule has 0 bridgehead atoms. The number of hydrogen-bond acceptors (Lipinski definition) is 2. The average Bonchev–Trinajstić information content (AvgIpc) is 2.96. The molecule has 0 N–H and O–H groups in total. The molecule has 0 unspecified atom stereocenters. The quantitative estimate of drug-likeness (QED) is 0.468. The standard InChI is InChI=1S/C22H19N2O/c1-13-8-9-16-19-15(3)11-14(2)17(12-23)22(19)25-21(16)20(13)18-7-5-6-10-24(18)4/h5-11H,1-4H3/q+1. The monoisotopic (exact) mass is 327 g/mol. The molecule has 25 heavy (non-hydrogen) atoms. The molecule has 122 valence electrons. The van der Waals surface area contributed by atoms with Gasteiger partial charge in [0.05, 0.1) is 11.1 Å². The van der Waals surface area contributed by atoms with Crippen LogP contribution in [0, 0.1) is 32.1 Å². The van der Waals surface area contributed by atoms with Crippen molar-refractivity contribution < 1.29 is 8.98 Å². The van der Waals surface area contributed by atoms with Crippen LogP contribution in [0.3, 0.4) is 0 Å². The first-order valence-electron chi connectivity index (χ1n) is 8.34. The van der Waals surface area contributed by atoms with E-state index in [0.717, 1.165) is 44.3 Å². The second kappa shape index (κ2) is 5.46. The maximum absolute atomic E-state index is 9.60. The van der Waals surface area contributed by atoms with Crippen molar-refractivity contribution >= 4 is 21.9 Å². The van der Waals surface area contributed by atoms with E-state index in [1.165, 1.54) is 0 Å². The molecular formula is C22H19N2O+. The summed E-state index contributed by atoms with van der Waals surface area (Å²) in [5, 5.41) is 11.7. The van der Waals surface area contributed by atoms with Gasteiger partial charge in [-0.3, -0.25) is 0 Å². The largest absolute Gasteiger partial charge is 0.454 e. The number of furan rings is 1. The average molecular weight is 327 g/mol. The highest BCUT2D eigenvalue weighted by molar-refractivity contribution is 6.12. The topological polar surface area (TPSA) is 40.8 Å². The minimum atomic E-state index is 0.623. The van der Waals surface area contributed by atoms with Gasteiger partial charge < -0.3 is 4.42 Å². The van der Waals surface area contributed by atoms with Gasteiger partial charge >= 0.3 is 0 Å². The van der Waals surface area contributed by atoms with E-state index in [-0.39, 0.29) is 0 Å².